The first kappa shape index (κ1) is 39.0. The largest absolute Gasteiger partial charge is 0.432 e. The lowest BCUT2D eigenvalue weighted by atomic mass is 9.82. The van der Waals surface area contributed by atoms with Gasteiger partial charge >= 0.3 is 0 Å². The highest BCUT2D eigenvalue weighted by Crippen LogP contribution is 2.60. The number of anilines is 1. The van der Waals surface area contributed by atoms with E-state index >= 15 is 4.79 Å². The van der Waals surface area contributed by atoms with Gasteiger partial charge in [0.2, 0.25) is 5.91 Å². The minimum Gasteiger partial charge on any atom is -0.432 e. The molecule has 3 aromatic carbocycles. The van der Waals surface area contributed by atoms with Crippen LogP contribution in [0.1, 0.15) is 58.1 Å². The molecule has 1 aromatic heterocycles. The van der Waals surface area contributed by atoms with E-state index in [4.69, 9.17) is 4.74 Å². The Labute approximate surface area is 318 Å². The van der Waals surface area contributed by atoms with Crippen LogP contribution in [0.2, 0.25) is 18.6 Å². The van der Waals surface area contributed by atoms with Crippen LogP contribution < -0.4 is 10.5 Å². The van der Waals surface area contributed by atoms with Gasteiger partial charge in [-0.25, -0.2) is 0 Å². The summed E-state index contributed by atoms with van der Waals surface area (Å²) >= 11 is 0. The van der Waals surface area contributed by atoms with Crippen molar-refractivity contribution in [1.82, 2.24) is 14.7 Å². The molecule has 2 aliphatic heterocycles. The van der Waals surface area contributed by atoms with Gasteiger partial charge in [0.25, 0.3) is 11.5 Å². The molecular formula is C43H52N4O6Si. The monoisotopic (exact) mass is 748 g/mol. The van der Waals surface area contributed by atoms with Gasteiger partial charge in [-0.1, -0.05) is 78.8 Å². The molecule has 0 saturated carbocycles. The highest BCUT2D eigenvalue weighted by atomic mass is 28.4. The SMILES string of the molecule is CC(C)=CCC/C(C)=C/CN1C(=O)[C@]2(O[C@H](CC(=O)N(CCO)Cc3ccccc3)[C@@H]([Si](C)(C)O)[C@@H]2C)c2cc(-n3ncc4ccccc4c3=O)ccc21. The van der Waals surface area contributed by atoms with Crippen LogP contribution in [-0.4, -0.2) is 70.5 Å². The van der Waals surface area contributed by atoms with E-state index in [1.54, 1.807) is 28.1 Å². The lowest BCUT2D eigenvalue weighted by Crippen LogP contribution is -2.46. The van der Waals surface area contributed by atoms with E-state index in [1.165, 1.54) is 10.3 Å². The summed E-state index contributed by atoms with van der Waals surface area (Å²) in [6.07, 6.45) is 6.84. The maximum Gasteiger partial charge on any atom is 0.279 e. The van der Waals surface area contributed by atoms with Gasteiger partial charge in [0.1, 0.15) is 0 Å². The van der Waals surface area contributed by atoms with Gasteiger partial charge in [0.15, 0.2) is 13.9 Å². The third-order valence-corrected chi connectivity index (χ3v) is 13.4. The van der Waals surface area contributed by atoms with Crippen molar-refractivity contribution in [3.63, 3.8) is 0 Å². The molecule has 0 unspecified atom stereocenters. The van der Waals surface area contributed by atoms with Crippen molar-refractivity contribution in [2.45, 2.75) is 83.8 Å². The number of amides is 2. The Hall–Kier alpha value is -4.68. The number of ether oxygens (including phenoxy) is 1. The topological polar surface area (TPSA) is 125 Å². The molecule has 0 aliphatic carbocycles. The van der Waals surface area contributed by atoms with Gasteiger partial charge in [-0.3, -0.25) is 14.4 Å². The second-order valence-electron chi connectivity index (χ2n) is 15.5. The predicted molar refractivity (Wildman–Crippen MR) is 215 cm³/mol. The van der Waals surface area contributed by atoms with E-state index in [0.29, 0.717) is 35.4 Å². The number of fused-ring (bicyclic) bond motifs is 3. The molecule has 0 radical (unpaired) electrons. The van der Waals surface area contributed by atoms with E-state index in [2.05, 4.69) is 38.0 Å². The zero-order valence-electron chi connectivity index (χ0n) is 32.2. The fourth-order valence-electron chi connectivity index (χ4n) is 8.31. The van der Waals surface area contributed by atoms with Gasteiger partial charge in [0, 0.05) is 42.0 Å². The van der Waals surface area contributed by atoms with Crippen LogP contribution in [0.15, 0.2) is 107 Å². The summed E-state index contributed by atoms with van der Waals surface area (Å²) in [4.78, 5) is 58.1. The van der Waals surface area contributed by atoms with Crippen molar-refractivity contribution >= 4 is 36.6 Å². The number of carbonyl (C=O) groups is 2. The molecule has 54 heavy (non-hydrogen) atoms. The van der Waals surface area contributed by atoms with Crippen LogP contribution in [0.5, 0.6) is 0 Å². The zero-order valence-corrected chi connectivity index (χ0v) is 33.2. The van der Waals surface area contributed by atoms with Crippen LogP contribution in [0.25, 0.3) is 16.5 Å². The number of aliphatic hydroxyl groups is 1. The summed E-state index contributed by atoms with van der Waals surface area (Å²) < 4.78 is 8.35. The van der Waals surface area contributed by atoms with E-state index < -0.39 is 31.5 Å². The van der Waals surface area contributed by atoms with Gasteiger partial charge in [-0.2, -0.15) is 9.78 Å². The molecular weight excluding hydrogens is 697 g/mol. The van der Waals surface area contributed by atoms with Gasteiger partial charge in [-0.05, 0) is 76.5 Å². The van der Waals surface area contributed by atoms with Crippen molar-refractivity contribution in [2.75, 3.05) is 24.6 Å². The first-order valence-corrected chi connectivity index (χ1v) is 21.8. The second-order valence-corrected chi connectivity index (χ2v) is 19.5. The molecule has 4 atom stereocenters. The molecule has 284 valence electrons. The molecule has 0 bridgehead atoms. The molecule has 1 fully saturated rings. The molecule has 3 heterocycles. The van der Waals surface area contributed by atoms with Crippen molar-refractivity contribution in [3.05, 3.63) is 124 Å². The Bertz CT molecular complexity index is 2140. The molecule has 1 spiro atoms. The quantitative estimate of drug-likeness (QED) is 0.116. The van der Waals surface area contributed by atoms with Crippen molar-refractivity contribution in [2.24, 2.45) is 5.92 Å². The highest BCUT2D eigenvalue weighted by Gasteiger charge is 2.66. The van der Waals surface area contributed by atoms with E-state index in [9.17, 15) is 19.5 Å². The highest BCUT2D eigenvalue weighted by molar-refractivity contribution is 6.71. The molecule has 10 nitrogen and oxygen atoms in total. The number of carbonyl (C=O) groups excluding carboxylic acids is 2. The number of hydrogen-bond donors (Lipinski definition) is 2. The van der Waals surface area contributed by atoms with Crippen molar-refractivity contribution < 1.29 is 24.2 Å². The minimum atomic E-state index is -3.09. The predicted octanol–water partition coefficient (Wildman–Crippen LogP) is 6.63. The first-order valence-electron chi connectivity index (χ1n) is 18.8. The lowest BCUT2D eigenvalue weighted by molar-refractivity contribution is -0.149. The van der Waals surface area contributed by atoms with E-state index in [-0.39, 0.29) is 36.9 Å². The maximum absolute atomic E-state index is 15.1. The van der Waals surface area contributed by atoms with Crippen LogP contribution >= 0.6 is 0 Å². The molecule has 11 heteroatoms. The van der Waals surface area contributed by atoms with E-state index in [1.807, 2.05) is 80.7 Å². The summed E-state index contributed by atoms with van der Waals surface area (Å²) in [5.41, 5.74) is 2.76. The van der Waals surface area contributed by atoms with Crippen LogP contribution in [0.3, 0.4) is 0 Å². The Kier molecular flexibility index (Phi) is 11.5. The standard InChI is InChI=1S/C43H52N4O6Si/c1-29(2)13-12-14-30(3)21-22-46-37-20-19-34(47-41(50)35-18-11-10-17-33(35)27-44-47)25-36(37)43(42(46)51)31(4)40(54(5,6)52)38(53-43)26-39(49)45(23-24-48)28-32-15-8-7-9-16-32/h7-11,13,15-21,25,27,31,38,40,48,52H,12,14,22-24,26,28H2,1-6H3/b30-21+/t31-,38+,40-,43+/m0/s1. The normalized spacial score (nSPS) is 21.2. The van der Waals surface area contributed by atoms with Gasteiger partial charge < -0.3 is 24.4 Å². The Morgan fingerprint density at radius 1 is 1.02 bits per heavy atom. The Morgan fingerprint density at radius 3 is 2.44 bits per heavy atom. The number of aliphatic hydroxyl groups excluding tert-OH is 1. The number of hydrogen-bond acceptors (Lipinski definition) is 7. The smallest absolute Gasteiger partial charge is 0.279 e. The summed E-state index contributed by atoms with van der Waals surface area (Å²) in [5, 5.41) is 15.7. The molecule has 2 N–H and O–H groups in total. The maximum atomic E-state index is 15.1. The molecule has 6 rings (SSSR count). The summed E-state index contributed by atoms with van der Waals surface area (Å²) in [5.74, 6) is -1.01. The summed E-state index contributed by atoms with van der Waals surface area (Å²) in [6, 6.07) is 22.3. The van der Waals surface area contributed by atoms with Crippen molar-refractivity contribution in [3.8, 4) is 5.69 Å². The summed E-state index contributed by atoms with van der Waals surface area (Å²) in [6.45, 7) is 12.4. The molecule has 2 amide bonds. The van der Waals surface area contributed by atoms with Crippen molar-refractivity contribution in [1.29, 1.82) is 0 Å². The third-order valence-electron chi connectivity index (χ3n) is 10.9. The average molecular weight is 749 g/mol. The zero-order chi connectivity index (χ0) is 38.8. The Balaban J connectivity index is 1.42. The molecule has 1 saturated heterocycles. The van der Waals surface area contributed by atoms with Crippen LogP contribution in [0, 0.1) is 5.92 Å². The number of aromatic nitrogens is 2. The fourth-order valence-corrected chi connectivity index (χ4v) is 10.9. The average Bonchev–Trinajstić information content (AvgIpc) is 3.56. The number of nitrogens with zero attached hydrogens (tertiary/aromatic N) is 4. The molecule has 4 aromatic rings. The third kappa shape index (κ3) is 7.63. The fraction of sp³-hybridized carbons (Fsp3) is 0.395. The number of rotatable bonds is 13. The van der Waals surface area contributed by atoms with Crippen LogP contribution in [-0.2, 0) is 26.5 Å². The minimum absolute atomic E-state index is 0.0715. The van der Waals surface area contributed by atoms with Gasteiger partial charge in [0.05, 0.1) is 42.1 Å². The molecule has 2 aliphatic rings. The first-order chi connectivity index (χ1) is 25.8. The van der Waals surface area contributed by atoms with Crippen LogP contribution in [0.4, 0.5) is 5.69 Å². The summed E-state index contributed by atoms with van der Waals surface area (Å²) in [7, 11) is -3.09. The number of benzene rings is 3. The second kappa shape index (κ2) is 16.0. The van der Waals surface area contributed by atoms with Gasteiger partial charge in [-0.15, -0.1) is 0 Å². The lowest BCUT2D eigenvalue weighted by Gasteiger charge is -2.32. The van der Waals surface area contributed by atoms with E-state index in [0.717, 1.165) is 29.4 Å². The Morgan fingerprint density at radius 2 is 1.74 bits per heavy atom. The number of allylic oxidation sites excluding steroid dienone is 3.